The quantitative estimate of drug-likeness (QED) is 0.774. The van der Waals surface area contributed by atoms with Crippen molar-refractivity contribution in [3.63, 3.8) is 0 Å². The molecule has 0 saturated carbocycles. The number of terminal acetylenes is 1. The number of amides is 1. The van der Waals surface area contributed by atoms with Gasteiger partial charge in [-0.1, -0.05) is 36.3 Å². The highest BCUT2D eigenvalue weighted by Crippen LogP contribution is 2.21. The van der Waals surface area contributed by atoms with E-state index in [1.807, 2.05) is 30.3 Å². The SMILES string of the molecule is C#C[C@H](C)N=C1NC(=O)[C@H](c2ccccc2)O1. The Hall–Kier alpha value is -2.28. The maximum absolute atomic E-state index is 11.7. The zero-order valence-electron chi connectivity index (χ0n) is 9.38. The first-order valence-electron chi connectivity index (χ1n) is 5.27. The molecule has 17 heavy (non-hydrogen) atoms. The molecule has 1 aromatic rings. The summed E-state index contributed by atoms with van der Waals surface area (Å²) in [5.41, 5.74) is 0.795. The number of aliphatic imine (C=N–C) groups is 1. The fraction of sp³-hybridized carbons (Fsp3) is 0.231. The van der Waals surface area contributed by atoms with Crippen LogP contribution >= 0.6 is 0 Å². The van der Waals surface area contributed by atoms with Crippen molar-refractivity contribution in [1.82, 2.24) is 5.32 Å². The van der Waals surface area contributed by atoms with Gasteiger partial charge in [-0.05, 0) is 6.92 Å². The second-order valence-corrected chi connectivity index (χ2v) is 3.67. The van der Waals surface area contributed by atoms with E-state index in [9.17, 15) is 4.79 Å². The topological polar surface area (TPSA) is 50.7 Å². The molecule has 2 rings (SSSR count). The lowest BCUT2D eigenvalue weighted by Crippen LogP contribution is -2.23. The number of carbonyl (C=O) groups is 1. The van der Waals surface area contributed by atoms with Gasteiger partial charge in [0.15, 0.2) is 0 Å². The fourth-order valence-corrected chi connectivity index (χ4v) is 1.49. The molecular formula is C13H12N2O2. The molecule has 0 bridgehead atoms. The highest BCUT2D eigenvalue weighted by molar-refractivity contribution is 6.02. The molecule has 0 aromatic heterocycles. The Morgan fingerprint density at radius 2 is 2.18 bits per heavy atom. The van der Waals surface area contributed by atoms with E-state index in [1.165, 1.54) is 0 Å². The number of hydrogen-bond acceptors (Lipinski definition) is 3. The average Bonchev–Trinajstić information content (AvgIpc) is 2.71. The third kappa shape index (κ3) is 2.45. The van der Waals surface area contributed by atoms with Gasteiger partial charge in [-0.25, -0.2) is 4.99 Å². The Kier molecular flexibility index (Phi) is 3.10. The molecule has 1 aliphatic heterocycles. The minimum Gasteiger partial charge on any atom is -0.447 e. The Morgan fingerprint density at radius 3 is 2.82 bits per heavy atom. The molecule has 4 nitrogen and oxygen atoms in total. The van der Waals surface area contributed by atoms with Gasteiger partial charge in [0.1, 0.15) is 6.04 Å². The van der Waals surface area contributed by atoms with Crippen LogP contribution < -0.4 is 5.32 Å². The van der Waals surface area contributed by atoms with Gasteiger partial charge in [-0.2, -0.15) is 0 Å². The smallest absolute Gasteiger partial charge is 0.293 e. The van der Waals surface area contributed by atoms with Crippen molar-refractivity contribution in [3.8, 4) is 12.3 Å². The van der Waals surface area contributed by atoms with E-state index in [2.05, 4.69) is 16.2 Å². The third-order valence-electron chi connectivity index (χ3n) is 2.35. The predicted molar refractivity (Wildman–Crippen MR) is 64.1 cm³/mol. The van der Waals surface area contributed by atoms with Gasteiger partial charge >= 0.3 is 0 Å². The Balaban J connectivity index is 2.17. The van der Waals surface area contributed by atoms with Crippen LogP contribution in [0.15, 0.2) is 35.3 Å². The molecule has 4 heteroatoms. The summed E-state index contributed by atoms with van der Waals surface area (Å²) in [6, 6.07) is 9.12. The number of nitrogens with zero attached hydrogens (tertiary/aromatic N) is 1. The highest BCUT2D eigenvalue weighted by Gasteiger charge is 2.32. The summed E-state index contributed by atoms with van der Waals surface area (Å²) in [5, 5.41) is 2.56. The highest BCUT2D eigenvalue weighted by atomic mass is 16.5. The molecule has 0 aliphatic carbocycles. The zero-order chi connectivity index (χ0) is 12.3. The minimum absolute atomic E-state index is 0.189. The van der Waals surface area contributed by atoms with E-state index < -0.39 is 6.10 Å². The van der Waals surface area contributed by atoms with Gasteiger partial charge in [0.2, 0.25) is 6.10 Å². The van der Waals surface area contributed by atoms with E-state index in [0.29, 0.717) is 0 Å². The Bertz CT molecular complexity index is 488. The molecule has 0 radical (unpaired) electrons. The lowest BCUT2D eigenvalue weighted by atomic mass is 10.1. The molecule has 1 N–H and O–H groups in total. The van der Waals surface area contributed by atoms with Crippen LogP contribution in [0.25, 0.3) is 0 Å². The average molecular weight is 228 g/mol. The Labute approximate surface area is 99.7 Å². The summed E-state index contributed by atoms with van der Waals surface area (Å²) in [7, 11) is 0. The first-order chi connectivity index (χ1) is 8.20. The van der Waals surface area contributed by atoms with Crippen molar-refractivity contribution in [3.05, 3.63) is 35.9 Å². The molecule has 2 atom stereocenters. The largest absolute Gasteiger partial charge is 0.447 e. The van der Waals surface area contributed by atoms with Gasteiger partial charge in [0.05, 0.1) is 0 Å². The Morgan fingerprint density at radius 1 is 1.47 bits per heavy atom. The molecule has 1 aromatic carbocycles. The monoisotopic (exact) mass is 228 g/mol. The summed E-state index contributed by atoms with van der Waals surface area (Å²) in [6.45, 7) is 1.75. The molecule has 1 amide bonds. The first kappa shape index (κ1) is 11.2. The normalized spacial score (nSPS) is 22.7. The van der Waals surface area contributed by atoms with Gasteiger partial charge in [0.25, 0.3) is 11.9 Å². The number of rotatable bonds is 2. The van der Waals surface area contributed by atoms with Crippen molar-refractivity contribution in [2.24, 2.45) is 4.99 Å². The number of carbonyl (C=O) groups excluding carboxylic acids is 1. The maximum Gasteiger partial charge on any atom is 0.293 e. The van der Waals surface area contributed by atoms with Crippen LogP contribution in [-0.4, -0.2) is 18.0 Å². The van der Waals surface area contributed by atoms with E-state index in [-0.39, 0.29) is 18.0 Å². The van der Waals surface area contributed by atoms with Crippen LogP contribution in [0.2, 0.25) is 0 Å². The molecule has 0 unspecified atom stereocenters. The van der Waals surface area contributed by atoms with Crippen molar-refractivity contribution >= 4 is 11.9 Å². The van der Waals surface area contributed by atoms with Crippen LogP contribution in [0.3, 0.4) is 0 Å². The van der Waals surface area contributed by atoms with E-state index in [1.54, 1.807) is 6.92 Å². The van der Waals surface area contributed by atoms with Crippen molar-refractivity contribution < 1.29 is 9.53 Å². The number of benzene rings is 1. The molecule has 0 spiro atoms. The first-order valence-corrected chi connectivity index (χ1v) is 5.27. The number of hydrogen-bond donors (Lipinski definition) is 1. The van der Waals surface area contributed by atoms with Gasteiger partial charge in [-0.3, -0.25) is 10.1 Å². The zero-order valence-corrected chi connectivity index (χ0v) is 9.38. The van der Waals surface area contributed by atoms with Crippen LogP contribution in [0.5, 0.6) is 0 Å². The fourth-order valence-electron chi connectivity index (χ4n) is 1.49. The lowest BCUT2D eigenvalue weighted by Gasteiger charge is -2.06. The van der Waals surface area contributed by atoms with Gasteiger partial charge in [0, 0.05) is 5.56 Å². The van der Waals surface area contributed by atoms with Crippen LogP contribution in [0.1, 0.15) is 18.6 Å². The van der Waals surface area contributed by atoms with Gasteiger partial charge in [-0.15, -0.1) is 6.42 Å². The standard InChI is InChI=1S/C13H12N2O2/c1-3-9(2)14-13-15-12(16)11(17-13)10-7-5-4-6-8-10/h1,4-9,11H,2H3,(H,14,15,16)/t9-,11-/m0/s1. The third-order valence-corrected chi connectivity index (χ3v) is 2.35. The number of ether oxygens (including phenoxy) is 1. The van der Waals surface area contributed by atoms with Crippen LogP contribution in [0, 0.1) is 12.3 Å². The molecule has 1 saturated heterocycles. The van der Waals surface area contributed by atoms with Crippen molar-refractivity contribution in [1.29, 1.82) is 0 Å². The van der Waals surface area contributed by atoms with Crippen molar-refractivity contribution in [2.75, 3.05) is 0 Å². The summed E-state index contributed by atoms with van der Waals surface area (Å²) in [5.74, 6) is 2.22. The van der Waals surface area contributed by atoms with Gasteiger partial charge < -0.3 is 4.74 Å². The molecule has 86 valence electrons. The molecule has 1 aliphatic rings. The molecule has 1 heterocycles. The molecule has 1 fully saturated rings. The van der Waals surface area contributed by atoms with Crippen molar-refractivity contribution in [2.45, 2.75) is 19.1 Å². The van der Waals surface area contributed by atoms with E-state index >= 15 is 0 Å². The van der Waals surface area contributed by atoms with E-state index in [4.69, 9.17) is 11.2 Å². The predicted octanol–water partition coefficient (Wildman–Crippen LogP) is 1.25. The number of nitrogens with one attached hydrogen (secondary N) is 1. The van der Waals surface area contributed by atoms with Crippen LogP contribution in [-0.2, 0) is 9.53 Å². The maximum atomic E-state index is 11.7. The summed E-state index contributed by atoms with van der Waals surface area (Å²) in [4.78, 5) is 15.7. The molecular weight excluding hydrogens is 216 g/mol. The minimum atomic E-state index is -0.639. The summed E-state index contributed by atoms with van der Waals surface area (Å²) >= 11 is 0. The number of amidine groups is 1. The second kappa shape index (κ2) is 4.71. The van der Waals surface area contributed by atoms with E-state index in [0.717, 1.165) is 5.56 Å². The van der Waals surface area contributed by atoms with Crippen LogP contribution in [0.4, 0.5) is 0 Å². The summed E-state index contributed by atoms with van der Waals surface area (Å²) < 4.78 is 5.43. The second-order valence-electron chi connectivity index (χ2n) is 3.67. The summed E-state index contributed by atoms with van der Waals surface area (Å²) in [6.07, 6.45) is 4.57. The lowest BCUT2D eigenvalue weighted by molar-refractivity contribution is -0.123.